The van der Waals surface area contributed by atoms with E-state index in [4.69, 9.17) is 0 Å². The van der Waals surface area contributed by atoms with Crippen LogP contribution in [-0.2, 0) is 12.8 Å². The van der Waals surface area contributed by atoms with Crippen molar-refractivity contribution in [3.8, 4) is 0 Å². The molecule has 1 N–H and O–H groups in total. The molecule has 1 aliphatic carbocycles. The molecule has 2 aromatic rings. The monoisotopic (exact) mass is 278 g/mol. The fraction of sp³-hybridized carbons (Fsp3) is 0.250. The Balaban J connectivity index is 1.88. The maximum absolute atomic E-state index is 13.7. The summed E-state index contributed by atoms with van der Waals surface area (Å²) in [7, 11) is 0. The number of aliphatic hydroxyl groups is 1. The van der Waals surface area contributed by atoms with Crippen molar-refractivity contribution in [2.75, 3.05) is 0 Å². The lowest BCUT2D eigenvalue weighted by atomic mass is 9.93. The van der Waals surface area contributed by atoms with E-state index in [1.54, 1.807) is 0 Å². The average molecular weight is 278 g/mol. The van der Waals surface area contributed by atoms with E-state index in [0.29, 0.717) is 18.9 Å². The van der Waals surface area contributed by atoms with Crippen LogP contribution in [0.25, 0.3) is 0 Å². The minimum absolute atomic E-state index is 0.179. The van der Waals surface area contributed by atoms with Gasteiger partial charge in [0, 0.05) is 11.6 Å². The zero-order valence-corrected chi connectivity index (χ0v) is 10.6. The molecule has 4 heteroatoms. The molecule has 1 nitrogen and oxygen atoms in total. The molecule has 0 spiro atoms. The van der Waals surface area contributed by atoms with E-state index in [-0.39, 0.29) is 11.5 Å². The first-order valence-electron chi connectivity index (χ1n) is 6.45. The molecule has 0 saturated heterocycles. The molecule has 1 aliphatic rings. The topological polar surface area (TPSA) is 20.2 Å². The molecule has 0 saturated carbocycles. The number of hydrogen-bond acceptors (Lipinski definition) is 1. The third-order valence-corrected chi connectivity index (χ3v) is 3.89. The first-order valence-corrected chi connectivity index (χ1v) is 6.45. The number of aliphatic hydroxyl groups excluding tert-OH is 1. The highest BCUT2D eigenvalue weighted by Crippen LogP contribution is 2.36. The van der Waals surface area contributed by atoms with E-state index < -0.39 is 23.6 Å². The molecule has 0 fully saturated rings. The Morgan fingerprint density at radius 3 is 2.05 bits per heavy atom. The van der Waals surface area contributed by atoms with Gasteiger partial charge in [-0.05, 0) is 36.0 Å². The zero-order valence-electron chi connectivity index (χ0n) is 10.6. The largest absolute Gasteiger partial charge is 0.388 e. The van der Waals surface area contributed by atoms with Gasteiger partial charge in [0.25, 0.3) is 0 Å². The number of benzene rings is 2. The molecule has 2 aromatic carbocycles. The van der Waals surface area contributed by atoms with Crippen molar-refractivity contribution in [3.05, 3.63) is 70.5 Å². The molecule has 0 heterocycles. The van der Waals surface area contributed by atoms with Crippen LogP contribution in [0.2, 0.25) is 0 Å². The molecular weight excluding hydrogens is 265 g/mol. The van der Waals surface area contributed by atoms with Gasteiger partial charge in [-0.25, -0.2) is 13.2 Å². The van der Waals surface area contributed by atoms with Gasteiger partial charge in [0.15, 0.2) is 11.6 Å². The molecule has 1 unspecified atom stereocenters. The van der Waals surface area contributed by atoms with Crippen LogP contribution in [0.3, 0.4) is 0 Å². The lowest BCUT2D eigenvalue weighted by molar-refractivity contribution is 0.109. The van der Waals surface area contributed by atoms with Gasteiger partial charge in [0.2, 0.25) is 0 Å². The molecule has 104 valence electrons. The van der Waals surface area contributed by atoms with E-state index in [0.717, 1.165) is 17.2 Å². The lowest BCUT2D eigenvalue weighted by Crippen LogP contribution is -2.15. The van der Waals surface area contributed by atoms with Gasteiger partial charge in [-0.3, -0.25) is 0 Å². The van der Waals surface area contributed by atoms with Crippen LogP contribution in [-0.4, -0.2) is 5.11 Å². The summed E-state index contributed by atoms with van der Waals surface area (Å²) in [6, 6.07) is 8.97. The van der Waals surface area contributed by atoms with Gasteiger partial charge in [0.05, 0.1) is 6.10 Å². The van der Waals surface area contributed by atoms with Crippen molar-refractivity contribution >= 4 is 0 Å². The van der Waals surface area contributed by atoms with Crippen molar-refractivity contribution in [2.24, 2.45) is 5.92 Å². The summed E-state index contributed by atoms with van der Waals surface area (Å²) in [4.78, 5) is 0. The second kappa shape index (κ2) is 4.94. The highest BCUT2D eigenvalue weighted by Gasteiger charge is 2.30. The van der Waals surface area contributed by atoms with E-state index in [1.165, 1.54) is 0 Å². The van der Waals surface area contributed by atoms with Crippen LogP contribution >= 0.6 is 0 Å². The van der Waals surface area contributed by atoms with Crippen LogP contribution < -0.4 is 0 Å². The summed E-state index contributed by atoms with van der Waals surface area (Å²) in [6.45, 7) is 0. The summed E-state index contributed by atoms with van der Waals surface area (Å²) in [5, 5.41) is 10.3. The van der Waals surface area contributed by atoms with Gasteiger partial charge < -0.3 is 5.11 Å². The molecule has 0 aromatic heterocycles. The quantitative estimate of drug-likeness (QED) is 0.833. The first-order chi connectivity index (χ1) is 9.56. The third kappa shape index (κ3) is 2.20. The van der Waals surface area contributed by atoms with E-state index in [2.05, 4.69) is 0 Å². The van der Waals surface area contributed by atoms with Crippen LogP contribution in [0.1, 0.15) is 22.8 Å². The predicted octanol–water partition coefficient (Wildman–Crippen LogP) is 3.55. The van der Waals surface area contributed by atoms with Gasteiger partial charge >= 0.3 is 0 Å². The summed E-state index contributed by atoms with van der Waals surface area (Å²) in [5.74, 6) is -3.51. The smallest absolute Gasteiger partial charge is 0.161 e. The van der Waals surface area contributed by atoms with Crippen molar-refractivity contribution < 1.29 is 18.3 Å². The van der Waals surface area contributed by atoms with Crippen molar-refractivity contribution in [1.82, 2.24) is 0 Å². The molecule has 20 heavy (non-hydrogen) atoms. The summed E-state index contributed by atoms with van der Waals surface area (Å²) >= 11 is 0. The summed E-state index contributed by atoms with van der Waals surface area (Å²) in [6.07, 6.45) is 0.0726. The lowest BCUT2D eigenvalue weighted by Gasteiger charge is -2.19. The molecule has 3 rings (SSSR count). The van der Waals surface area contributed by atoms with Crippen LogP contribution in [0.15, 0.2) is 36.4 Å². The second-order valence-corrected chi connectivity index (χ2v) is 5.17. The summed E-state index contributed by atoms with van der Waals surface area (Å²) in [5.41, 5.74) is 2.04. The van der Waals surface area contributed by atoms with Gasteiger partial charge in [0.1, 0.15) is 5.82 Å². The van der Waals surface area contributed by atoms with Gasteiger partial charge in [-0.2, -0.15) is 0 Å². The number of hydrogen-bond donors (Lipinski definition) is 1. The minimum Gasteiger partial charge on any atom is -0.388 e. The number of rotatable bonds is 2. The fourth-order valence-electron chi connectivity index (χ4n) is 2.83. The summed E-state index contributed by atoms with van der Waals surface area (Å²) < 4.78 is 39.8. The fourth-order valence-corrected chi connectivity index (χ4v) is 2.83. The van der Waals surface area contributed by atoms with Gasteiger partial charge in [-0.1, -0.05) is 24.3 Å². The van der Waals surface area contributed by atoms with E-state index >= 15 is 0 Å². The predicted molar refractivity (Wildman–Crippen MR) is 68.6 cm³/mol. The van der Waals surface area contributed by atoms with E-state index in [9.17, 15) is 18.3 Å². The molecule has 1 atom stereocenters. The van der Waals surface area contributed by atoms with Crippen LogP contribution in [0, 0.1) is 23.4 Å². The minimum atomic E-state index is -1.24. The van der Waals surface area contributed by atoms with Gasteiger partial charge in [-0.15, -0.1) is 0 Å². The average Bonchev–Trinajstić information content (AvgIpc) is 2.86. The molecule has 0 amide bonds. The Kier molecular flexibility index (Phi) is 3.26. The maximum atomic E-state index is 13.7. The van der Waals surface area contributed by atoms with Crippen LogP contribution in [0.4, 0.5) is 13.2 Å². The van der Waals surface area contributed by atoms with E-state index in [1.807, 2.05) is 24.3 Å². The molecule has 0 radical (unpaired) electrons. The Labute approximate surface area is 114 Å². The Morgan fingerprint density at radius 2 is 1.45 bits per heavy atom. The Hall–Kier alpha value is -1.81. The normalized spacial score (nSPS) is 16.2. The standard InChI is InChI=1S/C16H13F3O/c17-13-8-15(19)14(18)7-12(13)16(20)11-5-9-3-1-2-4-10(9)6-11/h1-4,7-8,11,16,20H,5-6H2. The zero-order chi connectivity index (χ0) is 14.3. The SMILES string of the molecule is OC(c1cc(F)c(F)cc1F)C1Cc2ccccc2C1. The number of fused-ring (bicyclic) bond motifs is 1. The van der Waals surface area contributed by atoms with Crippen LogP contribution in [0.5, 0.6) is 0 Å². The molecule has 0 aliphatic heterocycles. The Morgan fingerprint density at radius 1 is 0.900 bits per heavy atom. The first kappa shape index (κ1) is 13.2. The molecule has 0 bridgehead atoms. The second-order valence-electron chi connectivity index (χ2n) is 5.17. The van der Waals surface area contributed by atoms with Crippen molar-refractivity contribution in [3.63, 3.8) is 0 Å². The maximum Gasteiger partial charge on any atom is 0.161 e. The highest BCUT2D eigenvalue weighted by molar-refractivity contribution is 5.34. The highest BCUT2D eigenvalue weighted by atomic mass is 19.2. The number of halogens is 3. The van der Waals surface area contributed by atoms with Crippen molar-refractivity contribution in [2.45, 2.75) is 18.9 Å². The third-order valence-electron chi connectivity index (χ3n) is 3.89. The Bertz CT molecular complexity index is 629. The van der Waals surface area contributed by atoms with Crippen molar-refractivity contribution in [1.29, 1.82) is 0 Å². The molecular formula is C16H13F3O.